The zero-order valence-corrected chi connectivity index (χ0v) is 20.7. The Hall–Kier alpha value is -4.76. The minimum absolute atomic E-state index is 0.315. The van der Waals surface area contributed by atoms with Crippen molar-refractivity contribution in [3.8, 4) is 5.75 Å². The zero-order chi connectivity index (χ0) is 26.4. The van der Waals surface area contributed by atoms with E-state index in [1.807, 2.05) is 49.4 Å². The van der Waals surface area contributed by atoms with Gasteiger partial charge in [-0.2, -0.15) is 5.10 Å². The molecular formula is C29H24N4O5. The van der Waals surface area contributed by atoms with Crippen LogP contribution < -0.4 is 14.7 Å². The molecule has 9 nitrogen and oxygen atoms in total. The predicted octanol–water partition coefficient (Wildman–Crippen LogP) is 4.00. The predicted molar refractivity (Wildman–Crippen MR) is 138 cm³/mol. The Labute approximate surface area is 218 Å². The van der Waals surface area contributed by atoms with Crippen LogP contribution >= 0.6 is 0 Å². The summed E-state index contributed by atoms with van der Waals surface area (Å²) in [4.78, 5) is 47.3. The van der Waals surface area contributed by atoms with Gasteiger partial charge < -0.3 is 4.74 Å². The molecule has 2 aliphatic heterocycles. The van der Waals surface area contributed by atoms with Gasteiger partial charge in [-0.1, -0.05) is 48.5 Å². The molecule has 0 aliphatic carbocycles. The number of nitrogens with zero attached hydrogens (tertiary/aromatic N) is 4. The summed E-state index contributed by atoms with van der Waals surface area (Å²) in [5, 5.41) is 5.63. The van der Waals surface area contributed by atoms with E-state index in [-0.39, 0.29) is 11.8 Å². The van der Waals surface area contributed by atoms with E-state index < -0.39 is 24.0 Å². The topological polar surface area (TPSA) is 94.0 Å². The Balaban J connectivity index is 1.34. The maximum absolute atomic E-state index is 13.8. The molecule has 0 spiro atoms. The second kappa shape index (κ2) is 9.28. The Bertz CT molecular complexity index is 1530. The van der Waals surface area contributed by atoms with Gasteiger partial charge in [-0.3, -0.25) is 19.1 Å². The smallest absolute Gasteiger partial charge is 0.361 e. The monoisotopic (exact) mass is 508 g/mol. The number of imide groups is 1. The lowest BCUT2D eigenvalue weighted by molar-refractivity contribution is -0.126. The van der Waals surface area contributed by atoms with Crippen molar-refractivity contribution < 1.29 is 24.0 Å². The number of carbonyl (C=O) groups is 3. The van der Waals surface area contributed by atoms with Crippen molar-refractivity contribution in [3.05, 3.63) is 108 Å². The Morgan fingerprint density at radius 2 is 1.61 bits per heavy atom. The number of aryl methyl sites for hydroxylation is 2. The largest absolute Gasteiger partial charge is 0.422 e. The molecule has 0 N–H and O–H groups in total. The normalized spacial score (nSPS) is 20.6. The number of aromatic nitrogens is 2. The van der Waals surface area contributed by atoms with Crippen molar-refractivity contribution in [1.29, 1.82) is 0 Å². The molecule has 0 unspecified atom stereocenters. The van der Waals surface area contributed by atoms with Gasteiger partial charge in [0, 0.05) is 13.2 Å². The molecule has 2 aliphatic rings. The maximum atomic E-state index is 13.8. The van der Waals surface area contributed by atoms with E-state index in [9.17, 15) is 14.4 Å². The standard InChI is InChI=1S/C29H24N4O5/c1-18-8-6-7-11-22(18)32-27(34)24-25(33(38-26(24)28(32)35)20-9-4-3-5-10-20)19-12-14-21(15-13-19)37-29(36)23-16-17-30-31(23)2/h3-17,24-26H,1-2H3/t24-,25-,26-/m1/s1. The fourth-order valence-corrected chi connectivity index (χ4v) is 5.07. The number of amides is 2. The van der Waals surface area contributed by atoms with E-state index in [1.165, 1.54) is 15.8 Å². The van der Waals surface area contributed by atoms with Crippen LogP contribution in [-0.4, -0.2) is 33.7 Å². The molecule has 4 aromatic rings. The summed E-state index contributed by atoms with van der Waals surface area (Å²) in [5.74, 6) is -1.65. The molecule has 0 bridgehead atoms. The molecule has 1 aromatic heterocycles. The van der Waals surface area contributed by atoms with Gasteiger partial charge in [0.15, 0.2) is 6.10 Å². The summed E-state index contributed by atoms with van der Waals surface area (Å²) < 4.78 is 6.95. The molecule has 3 heterocycles. The highest BCUT2D eigenvalue weighted by atomic mass is 16.7. The van der Waals surface area contributed by atoms with Gasteiger partial charge in [0.25, 0.3) is 5.91 Å². The van der Waals surface area contributed by atoms with E-state index in [0.29, 0.717) is 17.1 Å². The maximum Gasteiger partial charge on any atom is 0.361 e. The van der Waals surface area contributed by atoms with Crippen molar-refractivity contribution in [2.75, 3.05) is 9.96 Å². The summed E-state index contributed by atoms with van der Waals surface area (Å²) in [6.45, 7) is 1.87. The van der Waals surface area contributed by atoms with Crippen LogP contribution in [0.5, 0.6) is 5.75 Å². The average Bonchev–Trinajstić information content (AvgIpc) is 3.60. The molecule has 3 aromatic carbocycles. The molecule has 0 saturated carbocycles. The first-order chi connectivity index (χ1) is 18.4. The van der Waals surface area contributed by atoms with Crippen LogP contribution in [0.3, 0.4) is 0 Å². The molecule has 2 amide bonds. The lowest BCUT2D eigenvalue weighted by atomic mass is 9.90. The molecule has 0 radical (unpaired) electrons. The number of esters is 1. The number of fused-ring (bicyclic) bond motifs is 1. The van der Waals surface area contributed by atoms with Crippen molar-refractivity contribution in [2.45, 2.75) is 19.1 Å². The number of benzene rings is 3. The lowest BCUT2D eigenvalue weighted by Gasteiger charge is -2.29. The van der Waals surface area contributed by atoms with E-state index in [1.54, 1.807) is 54.6 Å². The first-order valence-corrected chi connectivity index (χ1v) is 12.2. The third kappa shape index (κ3) is 3.84. The molecule has 190 valence electrons. The van der Waals surface area contributed by atoms with Crippen molar-refractivity contribution in [3.63, 3.8) is 0 Å². The Morgan fingerprint density at radius 1 is 0.895 bits per heavy atom. The Morgan fingerprint density at radius 3 is 2.29 bits per heavy atom. The van der Waals surface area contributed by atoms with Crippen molar-refractivity contribution in [2.24, 2.45) is 13.0 Å². The summed E-state index contributed by atoms with van der Waals surface area (Å²) >= 11 is 0. The molecule has 2 fully saturated rings. The number of carbonyl (C=O) groups excluding carboxylic acids is 3. The Kier molecular flexibility index (Phi) is 5.77. The first-order valence-electron chi connectivity index (χ1n) is 12.2. The number of rotatable bonds is 5. The molecule has 9 heteroatoms. The number of hydrogen-bond donors (Lipinski definition) is 0. The number of para-hydroxylation sites is 2. The highest BCUT2D eigenvalue weighted by molar-refractivity contribution is 6.24. The number of hydroxylamine groups is 1. The van der Waals surface area contributed by atoms with Gasteiger partial charge in [0.05, 0.1) is 17.4 Å². The van der Waals surface area contributed by atoms with Crippen LogP contribution in [0.2, 0.25) is 0 Å². The summed E-state index contributed by atoms with van der Waals surface area (Å²) in [6, 6.07) is 24.6. The van der Waals surface area contributed by atoms with Gasteiger partial charge >= 0.3 is 5.97 Å². The van der Waals surface area contributed by atoms with Crippen LogP contribution in [-0.2, 0) is 21.5 Å². The van der Waals surface area contributed by atoms with Crippen molar-refractivity contribution in [1.82, 2.24) is 9.78 Å². The van der Waals surface area contributed by atoms with Crippen LogP contribution in [0.1, 0.15) is 27.7 Å². The van der Waals surface area contributed by atoms with E-state index >= 15 is 0 Å². The number of ether oxygens (including phenoxy) is 1. The van der Waals surface area contributed by atoms with E-state index in [4.69, 9.17) is 9.57 Å². The first kappa shape index (κ1) is 23.6. The number of hydrogen-bond acceptors (Lipinski definition) is 7. The van der Waals surface area contributed by atoms with Gasteiger partial charge in [0.2, 0.25) is 5.91 Å². The van der Waals surface area contributed by atoms with Gasteiger partial charge in [-0.05, 0) is 54.4 Å². The molecule has 2 saturated heterocycles. The summed E-state index contributed by atoms with van der Waals surface area (Å²) in [5.41, 5.74) is 3.17. The second-order valence-corrected chi connectivity index (χ2v) is 9.25. The van der Waals surface area contributed by atoms with Gasteiger partial charge in [0.1, 0.15) is 17.4 Å². The highest BCUT2D eigenvalue weighted by Gasteiger charge is 2.60. The highest BCUT2D eigenvalue weighted by Crippen LogP contribution is 2.48. The second-order valence-electron chi connectivity index (χ2n) is 9.25. The van der Waals surface area contributed by atoms with Crippen LogP contribution in [0.15, 0.2) is 91.1 Å². The van der Waals surface area contributed by atoms with Crippen LogP contribution in [0.4, 0.5) is 11.4 Å². The van der Waals surface area contributed by atoms with Crippen LogP contribution in [0, 0.1) is 12.8 Å². The average molecular weight is 509 g/mol. The quantitative estimate of drug-likeness (QED) is 0.229. The number of anilines is 2. The summed E-state index contributed by atoms with van der Waals surface area (Å²) in [7, 11) is 1.66. The zero-order valence-electron chi connectivity index (χ0n) is 20.7. The minimum Gasteiger partial charge on any atom is -0.422 e. The third-order valence-electron chi connectivity index (χ3n) is 6.94. The fourth-order valence-electron chi connectivity index (χ4n) is 5.07. The van der Waals surface area contributed by atoms with Crippen LogP contribution in [0.25, 0.3) is 0 Å². The minimum atomic E-state index is -0.963. The molecule has 38 heavy (non-hydrogen) atoms. The van der Waals surface area contributed by atoms with E-state index in [2.05, 4.69) is 5.10 Å². The van der Waals surface area contributed by atoms with Crippen molar-refractivity contribution >= 4 is 29.2 Å². The molecule has 3 atom stereocenters. The molecule has 6 rings (SSSR count). The van der Waals surface area contributed by atoms with Gasteiger partial charge in [-0.15, -0.1) is 0 Å². The summed E-state index contributed by atoms with van der Waals surface area (Å²) in [6.07, 6.45) is 0.559. The van der Waals surface area contributed by atoms with Gasteiger partial charge in [-0.25, -0.2) is 14.8 Å². The lowest BCUT2D eigenvalue weighted by Crippen LogP contribution is -2.37. The fraction of sp³-hybridized carbons (Fsp3) is 0.172. The van der Waals surface area contributed by atoms with E-state index in [0.717, 1.165) is 16.8 Å². The third-order valence-corrected chi connectivity index (χ3v) is 6.94. The SMILES string of the molecule is Cc1ccccc1N1C(=O)[C@@H]2[C@@H](c3ccc(OC(=O)c4ccnn4C)cc3)N(c3ccccc3)O[C@H]2C1=O. The molecular weight excluding hydrogens is 484 g/mol.